The number of carboxylic acid groups (broad SMARTS) is 1. The number of hydrogen-bond acceptors (Lipinski definition) is 12. The number of nitrogens with zero attached hydrogens (tertiary/aromatic N) is 6. The zero-order valence-corrected chi connectivity index (χ0v) is 20.3. The van der Waals surface area contributed by atoms with Crippen molar-refractivity contribution in [3.8, 4) is 17.5 Å². The molecule has 2 aliphatic heterocycles. The van der Waals surface area contributed by atoms with E-state index in [-0.39, 0.29) is 17.9 Å². The van der Waals surface area contributed by atoms with E-state index < -0.39 is 55.0 Å². The summed E-state index contributed by atoms with van der Waals surface area (Å²) in [6.45, 7) is 0.913. The summed E-state index contributed by atoms with van der Waals surface area (Å²) >= 11 is 0. The van der Waals surface area contributed by atoms with Crippen LogP contribution in [0.2, 0.25) is 0 Å². The first-order valence-electron chi connectivity index (χ1n) is 11.6. The minimum absolute atomic E-state index is 0.0939. The van der Waals surface area contributed by atoms with Gasteiger partial charge in [-0.3, -0.25) is 4.79 Å². The lowest BCUT2D eigenvalue weighted by molar-refractivity contribution is -0.437. The number of aryl methyl sites for hydroxylation is 1. The molecule has 38 heavy (non-hydrogen) atoms. The molecule has 4 rings (SSSR count). The van der Waals surface area contributed by atoms with Crippen molar-refractivity contribution in [2.45, 2.75) is 50.8 Å². The van der Waals surface area contributed by atoms with Gasteiger partial charge < -0.3 is 50.3 Å². The molecule has 0 saturated carbocycles. The number of carboxylic acids is 1. The lowest BCUT2D eigenvalue weighted by Crippen LogP contribution is -2.69. The number of imidazole rings is 1. The quantitative estimate of drug-likeness (QED) is 0.121. The largest absolute Gasteiger partial charge is 0.844 e. The second kappa shape index (κ2) is 10.8. The lowest BCUT2D eigenvalue weighted by Gasteiger charge is -2.25. The zero-order valence-electron chi connectivity index (χ0n) is 20.3. The number of aliphatic carboxylic acids is 1. The van der Waals surface area contributed by atoms with Crippen molar-refractivity contribution in [2.75, 3.05) is 6.61 Å². The number of carbonyl (C=O) groups is 1. The summed E-state index contributed by atoms with van der Waals surface area (Å²) < 4.78 is 3.06. The highest BCUT2D eigenvalue weighted by molar-refractivity contribution is 5.81. The van der Waals surface area contributed by atoms with Crippen LogP contribution in [0.25, 0.3) is 22.6 Å². The van der Waals surface area contributed by atoms with Crippen molar-refractivity contribution in [2.24, 2.45) is 0 Å². The second-order valence-electron chi connectivity index (χ2n) is 9.04. The maximum atomic E-state index is 12.4. The first kappa shape index (κ1) is 27.0. The second-order valence-corrected chi connectivity index (χ2v) is 9.04. The van der Waals surface area contributed by atoms with Gasteiger partial charge in [-0.15, -0.1) is 0 Å². The maximum Gasteiger partial charge on any atom is 0.300 e. The Labute approximate surface area is 214 Å². The van der Waals surface area contributed by atoms with Gasteiger partial charge >= 0.3 is 0 Å². The number of fused-ring (bicyclic) bond motifs is 2. The highest BCUT2D eigenvalue weighted by Gasteiger charge is 2.27. The van der Waals surface area contributed by atoms with E-state index in [1.165, 1.54) is 10.9 Å². The first-order valence-corrected chi connectivity index (χ1v) is 11.6. The third kappa shape index (κ3) is 5.46. The number of hydrogen-bond donors (Lipinski definition) is 5. The highest BCUT2D eigenvalue weighted by atomic mass is 16.4. The van der Waals surface area contributed by atoms with Crippen molar-refractivity contribution < 1.29 is 41.2 Å². The molecule has 2 aromatic rings. The number of aliphatic hydroxyl groups excluding tert-OH is 4. The van der Waals surface area contributed by atoms with Crippen LogP contribution in [0.4, 0.5) is 0 Å². The molecule has 3 heterocycles. The maximum absolute atomic E-state index is 12.4. The summed E-state index contributed by atoms with van der Waals surface area (Å²) in [4.78, 5) is 39.0. The number of rotatable bonds is 10. The molecule has 0 saturated heterocycles. The molecule has 0 radical (unpaired) electrons. The highest BCUT2D eigenvalue weighted by Crippen LogP contribution is 2.26. The van der Waals surface area contributed by atoms with Crippen LogP contribution < -0.4 is 21.5 Å². The molecule has 0 aliphatic carbocycles. The van der Waals surface area contributed by atoms with E-state index in [9.17, 15) is 35.1 Å². The first-order chi connectivity index (χ1) is 18.0. The van der Waals surface area contributed by atoms with Gasteiger partial charge in [0.2, 0.25) is 0 Å². The molecule has 0 unspecified atom stereocenters. The van der Waals surface area contributed by atoms with Gasteiger partial charge in [-0.1, -0.05) is 0 Å². The number of aliphatic hydroxyl groups is 4. The molecule has 202 valence electrons. The van der Waals surface area contributed by atoms with Crippen LogP contribution in [0.5, 0.6) is 6.01 Å². The SMILES string of the molecule is Cc1cc2nc3c(=O)nc([O-])nc-3n(C[C@H](O)[C@H](O)[C@H](O)CO)c2cc1Cn1cnc(C[C@H]([NH3+])C(=O)[O-])c1. The molecule has 1 aromatic heterocycles. The summed E-state index contributed by atoms with van der Waals surface area (Å²) in [5.74, 6) is -1.45. The Morgan fingerprint density at radius 1 is 1.16 bits per heavy atom. The van der Waals surface area contributed by atoms with E-state index in [1.54, 1.807) is 22.9 Å². The van der Waals surface area contributed by atoms with Gasteiger partial charge in [0.15, 0.2) is 11.5 Å². The predicted octanol–water partition coefficient (Wildman–Crippen LogP) is -5.10. The average molecular weight is 529 g/mol. The van der Waals surface area contributed by atoms with Gasteiger partial charge in [0, 0.05) is 19.2 Å². The Balaban J connectivity index is 1.80. The fraction of sp³-hybridized carbons (Fsp3) is 0.391. The fourth-order valence-electron chi connectivity index (χ4n) is 4.10. The average Bonchev–Trinajstić information content (AvgIpc) is 3.30. The van der Waals surface area contributed by atoms with Crippen molar-refractivity contribution in [1.29, 1.82) is 0 Å². The van der Waals surface area contributed by atoms with Crippen molar-refractivity contribution in [1.82, 2.24) is 29.1 Å². The Morgan fingerprint density at radius 3 is 2.58 bits per heavy atom. The summed E-state index contributed by atoms with van der Waals surface area (Å²) in [6, 6.07) is 1.39. The molecule has 0 amide bonds. The summed E-state index contributed by atoms with van der Waals surface area (Å²) in [7, 11) is 0. The minimum atomic E-state index is -1.74. The van der Waals surface area contributed by atoms with Gasteiger partial charge in [-0.25, -0.2) is 19.9 Å². The van der Waals surface area contributed by atoms with Crippen LogP contribution in [0.3, 0.4) is 0 Å². The van der Waals surface area contributed by atoms with Gasteiger partial charge in [0.25, 0.3) is 5.56 Å². The number of benzene rings is 1. The minimum Gasteiger partial charge on any atom is -0.844 e. The summed E-state index contributed by atoms with van der Waals surface area (Å²) in [5, 5.41) is 62.6. The van der Waals surface area contributed by atoms with Crippen LogP contribution in [0.1, 0.15) is 16.8 Å². The molecular formula is C23H26N7O8-. The Hall–Kier alpha value is -4.02. The Kier molecular flexibility index (Phi) is 7.66. The Morgan fingerprint density at radius 2 is 1.89 bits per heavy atom. The monoisotopic (exact) mass is 528 g/mol. The molecule has 1 aromatic carbocycles. The third-order valence-electron chi connectivity index (χ3n) is 6.20. The molecule has 15 heteroatoms. The molecule has 0 bridgehead atoms. The number of quaternary nitrogens is 1. The molecule has 0 spiro atoms. The fourth-order valence-corrected chi connectivity index (χ4v) is 4.10. The topological polar surface area (TPSA) is 250 Å². The molecule has 0 fully saturated rings. The summed E-state index contributed by atoms with van der Waals surface area (Å²) in [6.07, 6.45) is -1.68. The van der Waals surface area contributed by atoms with Crippen LogP contribution in [0.15, 0.2) is 29.5 Å². The van der Waals surface area contributed by atoms with E-state index in [0.29, 0.717) is 23.3 Å². The molecular weight excluding hydrogens is 502 g/mol. The van der Waals surface area contributed by atoms with Crippen LogP contribution in [0, 0.1) is 6.92 Å². The molecule has 7 N–H and O–H groups in total. The van der Waals surface area contributed by atoms with Crippen molar-refractivity contribution in [3.63, 3.8) is 0 Å². The van der Waals surface area contributed by atoms with Crippen LogP contribution in [-0.2, 0) is 24.3 Å². The normalized spacial score (nSPS) is 15.0. The van der Waals surface area contributed by atoms with Crippen LogP contribution in [-0.4, -0.2) is 86.4 Å². The van der Waals surface area contributed by atoms with Gasteiger partial charge in [0.1, 0.15) is 24.4 Å². The Bertz CT molecular complexity index is 1500. The van der Waals surface area contributed by atoms with E-state index >= 15 is 0 Å². The van der Waals surface area contributed by atoms with Crippen LogP contribution >= 0.6 is 0 Å². The predicted molar refractivity (Wildman–Crippen MR) is 124 cm³/mol. The molecule has 15 nitrogen and oxygen atoms in total. The van der Waals surface area contributed by atoms with Gasteiger partial charge in [0.05, 0.1) is 48.2 Å². The zero-order chi connectivity index (χ0) is 27.7. The van der Waals surface area contributed by atoms with E-state index in [1.807, 2.05) is 6.92 Å². The van der Waals surface area contributed by atoms with E-state index in [4.69, 9.17) is 5.11 Å². The van der Waals surface area contributed by atoms with E-state index in [2.05, 4.69) is 25.7 Å². The van der Waals surface area contributed by atoms with Crippen molar-refractivity contribution in [3.05, 3.63) is 51.8 Å². The molecule has 2 aliphatic rings. The smallest absolute Gasteiger partial charge is 0.300 e. The molecule has 4 atom stereocenters. The van der Waals surface area contributed by atoms with E-state index in [0.717, 1.165) is 11.1 Å². The standard InChI is InChI=1S/C23H27N7O8/c1-10-2-14-15(3-11(10)5-29-6-12(25-9-29)4-13(24)22(36)37)30(7-16(32)19(34)17(33)8-31)20-18(26-14)21(35)28-23(38)27-20/h2-3,6,9,13,16-17,19,31-34H,4-5,7-8,24H2,1H3,(H,36,37)(H,28,35,38)/p-1/t13-,16-,17+,19-/m0/s1. The van der Waals surface area contributed by atoms with Gasteiger partial charge in [-0.2, -0.15) is 0 Å². The summed E-state index contributed by atoms with van der Waals surface area (Å²) in [5.41, 5.74) is 5.13. The number of carbonyl (C=O) groups excluding carboxylic acids is 1. The van der Waals surface area contributed by atoms with Crippen molar-refractivity contribution >= 4 is 17.0 Å². The third-order valence-corrected chi connectivity index (χ3v) is 6.20. The van der Waals surface area contributed by atoms with Gasteiger partial charge in [-0.05, 0) is 30.2 Å². The number of aromatic nitrogens is 6. The lowest BCUT2D eigenvalue weighted by atomic mass is 10.1.